The van der Waals surface area contributed by atoms with Crippen molar-refractivity contribution in [3.8, 4) is 0 Å². The molecule has 0 atom stereocenters. The van der Waals surface area contributed by atoms with Crippen LogP contribution in [0.25, 0.3) is 10.8 Å². The number of halogens is 2. The van der Waals surface area contributed by atoms with Crippen molar-refractivity contribution in [2.75, 3.05) is 6.67 Å². The fourth-order valence-corrected chi connectivity index (χ4v) is 2.32. The molecule has 0 radical (unpaired) electrons. The van der Waals surface area contributed by atoms with E-state index in [4.69, 9.17) is 0 Å². The van der Waals surface area contributed by atoms with Crippen molar-refractivity contribution in [1.29, 1.82) is 0 Å². The highest BCUT2D eigenvalue weighted by atomic mass is 79.9. The summed E-state index contributed by atoms with van der Waals surface area (Å²) in [7, 11) is 0. The lowest BCUT2D eigenvalue weighted by Crippen LogP contribution is -1.89. The first-order valence-corrected chi connectivity index (χ1v) is 5.34. The minimum absolute atomic E-state index is 0.305. The molecule has 0 saturated carbocycles. The molecule has 14 heavy (non-hydrogen) atoms. The van der Waals surface area contributed by atoms with Crippen LogP contribution < -0.4 is 0 Å². The van der Waals surface area contributed by atoms with Gasteiger partial charge in [-0.1, -0.05) is 46.3 Å². The van der Waals surface area contributed by atoms with Gasteiger partial charge in [0, 0.05) is 10.9 Å². The second-order valence-corrected chi connectivity index (χ2v) is 4.05. The fraction of sp³-hybridized carbons (Fsp3) is 0.167. The van der Waals surface area contributed by atoms with Gasteiger partial charge < -0.3 is 0 Å². The van der Waals surface area contributed by atoms with E-state index in [2.05, 4.69) is 15.9 Å². The monoisotopic (exact) mass is 252 g/mol. The molecular weight excluding hydrogens is 243 g/mol. The van der Waals surface area contributed by atoms with E-state index in [0.717, 1.165) is 20.8 Å². The molecule has 0 N–H and O–H groups in total. The van der Waals surface area contributed by atoms with Gasteiger partial charge in [0.1, 0.15) is 0 Å². The quantitative estimate of drug-likeness (QED) is 0.755. The Morgan fingerprint density at radius 2 is 1.79 bits per heavy atom. The Morgan fingerprint density at radius 1 is 1.07 bits per heavy atom. The van der Waals surface area contributed by atoms with E-state index in [0.29, 0.717) is 6.42 Å². The number of alkyl halides is 1. The van der Waals surface area contributed by atoms with Gasteiger partial charge in [0.25, 0.3) is 0 Å². The van der Waals surface area contributed by atoms with Crippen LogP contribution in [-0.2, 0) is 6.42 Å². The van der Waals surface area contributed by atoms with Crippen LogP contribution >= 0.6 is 15.9 Å². The van der Waals surface area contributed by atoms with Crippen LogP contribution in [0.3, 0.4) is 0 Å². The van der Waals surface area contributed by atoms with Crippen molar-refractivity contribution in [1.82, 2.24) is 0 Å². The van der Waals surface area contributed by atoms with E-state index in [1.54, 1.807) is 0 Å². The third kappa shape index (κ3) is 1.67. The smallest absolute Gasteiger partial charge is 0.0935 e. The molecule has 0 aliphatic rings. The standard InChI is InChI=1S/C12H10BrF/c13-11-6-2-5-9-3-1-4-10(7-8-14)12(9)11/h1-6H,7-8H2. The summed E-state index contributed by atoms with van der Waals surface area (Å²) in [6.07, 6.45) is 0.486. The number of fused-ring (bicyclic) bond motifs is 1. The third-order valence-corrected chi connectivity index (χ3v) is 2.96. The molecule has 0 saturated heterocycles. The maximum atomic E-state index is 12.3. The van der Waals surface area contributed by atoms with Gasteiger partial charge in [-0.3, -0.25) is 4.39 Å². The second kappa shape index (κ2) is 4.09. The topological polar surface area (TPSA) is 0 Å². The summed E-state index contributed by atoms with van der Waals surface area (Å²) in [5.74, 6) is 0. The van der Waals surface area contributed by atoms with Crippen LogP contribution in [-0.4, -0.2) is 6.67 Å². The summed E-state index contributed by atoms with van der Waals surface area (Å²) in [6.45, 7) is -0.305. The van der Waals surface area contributed by atoms with Gasteiger partial charge in [0.05, 0.1) is 6.67 Å². The van der Waals surface area contributed by atoms with E-state index in [-0.39, 0.29) is 6.67 Å². The minimum atomic E-state index is -0.305. The van der Waals surface area contributed by atoms with E-state index < -0.39 is 0 Å². The molecule has 0 aromatic heterocycles. The van der Waals surface area contributed by atoms with E-state index in [9.17, 15) is 4.39 Å². The molecular formula is C12H10BrF. The summed E-state index contributed by atoms with van der Waals surface area (Å²) in [6, 6.07) is 12.0. The molecule has 0 fully saturated rings. The molecule has 0 spiro atoms. The zero-order valence-electron chi connectivity index (χ0n) is 7.63. The van der Waals surface area contributed by atoms with Gasteiger partial charge in [0.2, 0.25) is 0 Å². The van der Waals surface area contributed by atoms with Gasteiger partial charge in [-0.25, -0.2) is 0 Å². The van der Waals surface area contributed by atoms with Crippen molar-refractivity contribution >= 4 is 26.7 Å². The first-order valence-electron chi connectivity index (χ1n) is 4.55. The fourth-order valence-electron chi connectivity index (χ4n) is 1.68. The van der Waals surface area contributed by atoms with Gasteiger partial charge in [-0.05, 0) is 22.4 Å². The lowest BCUT2D eigenvalue weighted by molar-refractivity contribution is 0.496. The van der Waals surface area contributed by atoms with Crippen LogP contribution in [0.4, 0.5) is 4.39 Å². The predicted octanol–water partition coefficient (Wildman–Crippen LogP) is 4.11. The summed E-state index contributed by atoms with van der Waals surface area (Å²) < 4.78 is 13.4. The first kappa shape index (κ1) is 9.66. The lowest BCUT2D eigenvalue weighted by atomic mass is 10.0. The maximum Gasteiger partial charge on any atom is 0.0935 e. The highest BCUT2D eigenvalue weighted by Gasteiger charge is 2.03. The SMILES string of the molecule is FCCc1cccc2cccc(Br)c12. The Kier molecular flexibility index (Phi) is 2.82. The molecule has 2 aromatic carbocycles. The molecule has 2 rings (SSSR count). The molecule has 0 aliphatic heterocycles. The summed E-state index contributed by atoms with van der Waals surface area (Å²) in [5.41, 5.74) is 1.07. The highest BCUT2D eigenvalue weighted by molar-refractivity contribution is 9.10. The number of hydrogen-bond acceptors (Lipinski definition) is 0. The predicted molar refractivity (Wildman–Crippen MR) is 61.3 cm³/mol. The van der Waals surface area contributed by atoms with Gasteiger partial charge in [0.15, 0.2) is 0 Å². The van der Waals surface area contributed by atoms with E-state index in [1.807, 2.05) is 36.4 Å². The second-order valence-electron chi connectivity index (χ2n) is 3.19. The third-order valence-electron chi connectivity index (χ3n) is 2.30. The maximum absolute atomic E-state index is 12.3. The average molecular weight is 253 g/mol. The van der Waals surface area contributed by atoms with Crippen molar-refractivity contribution in [3.05, 3.63) is 46.4 Å². The van der Waals surface area contributed by atoms with Crippen molar-refractivity contribution in [2.45, 2.75) is 6.42 Å². The molecule has 0 unspecified atom stereocenters. The van der Waals surface area contributed by atoms with E-state index >= 15 is 0 Å². The largest absolute Gasteiger partial charge is 0.251 e. The average Bonchev–Trinajstić information content (AvgIpc) is 2.19. The normalized spacial score (nSPS) is 10.7. The van der Waals surface area contributed by atoms with E-state index in [1.165, 1.54) is 0 Å². The van der Waals surface area contributed by atoms with Crippen LogP contribution in [0.15, 0.2) is 40.9 Å². The summed E-state index contributed by atoms with van der Waals surface area (Å²) in [4.78, 5) is 0. The molecule has 0 amide bonds. The Labute approximate surface area is 90.9 Å². The Hall–Kier alpha value is -0.890. The Morgan fingerprint density at radius 3 is 2.50 bits per heavy atom. The zero-order valence-corrected chi connectivity index (χ0v) is 9.22. The summed E-state index contributed by atoms with van der Waals surface area (Å²) in [5, 5.41) is 2.29. The van der Waals surface area contributed by atoms with Crippen molar-refractivity contribution in [2.24, 2.45) is 0 Å². The molecule has 0 aliphatic carbocycles. The highest BCUT2D eigenvalue weighted by Crippen LogP contribution is 2.27. The molecule has 0 bridgehead atoms. The minimum Gasteiger partial charge on any atom is -0.251 e. The molecule has 0 nitrogen and oxygen atoms in total. The van der Waals surface area contributed by atoms with Crippen molar-refractivity contribution < 1.29 is 4.39 Å². The number of hydrogen-bond donors (Lipinski definition) is 0. The molecule has 2 aromatic rings. The number of rotatable bonds is 2. The number of aryl methyl sites for hydroxylation is 1. The summed E-state index contributed by atoms with van der Waals surface area (Å²) >= 11 is 3.50. The first-order chi connectivity index (χ1) is 6.83. The Bertz CT molecular complexity index is 446. The van der Waals surface area contributed by atoms with Crippen LogP contribution in [0.5, 0.6) is 0 Å². The lowest BCUT2D eigenvalue weighted by Gasteiger charge is -2.06. The van der Waals surface area contributed by atoms with Gasteiger partial charge in [-0.15, -0.1) is 0 Å². The van der Waals surface area contributed by atoms with Crippen LogP contribution in [0.1, 0.15) is 5.56 Å². The van der Waals surface area contributed by atoms with Crippen LogP contribution in [0, 0.1) is 0 Å². The van der Waals surface area contributed by atoms with Crippen LogP contribution in [0.2, 0.25) is 0 Å². The molecule has 0 heterocycles. The number of benzene rings is 2. The Balaban J connectivity index is 2.71. The van der Waals surface area contributed by atoms with Gasteiger partial charge in [-0.2, -0.15) is 0 Å². The zero-order chi connectivity index (χ0) is 9.97. The molecule has 2 heteroatoms. The van der Waals surface area contributed by atoms with Crippen molar-refractivity contribution in [3.63, 3.8) is 0 Å². The van der Waals surface area contributed by atoms with Gasteiger partial charge >= 0.3 is 0 Å². The molecule has 72 valence electrons.